The fourth-order valence-electron chi connectivity index (χ4n) is 3.48. The zero-order valence-corrected chi connectivity index (χ0v) is 16.4. The zero-order chi connectivity index (χ0) is 18.9. The van der Waals surface area contributed by atoms with Gasteiger partial charge in [-0.1, -0.05) is 49.4 Å². The van der Waals surface area contributed by atoms with Gasteiger partial charge < -0.3 is 9.84 Å². The summed E-state index contributed by atoms with van der Waals surface area (Å²) < 4.78 is 5.87. The van der Waals surface area contributed by atoms with E-state index < -0.39 is 0 Å². The molecule has 1 aliphatic heterocycles. The van der Waals surface area contributed by atoms with Crippen molar-refractivity contribution in [2.45, 2.75) is 39.0 Å². The molecular weight excluding hydrogens is 336 g/mol. The molecule has 1 fully saturated rings. The van der Waals surface area contributed by atoms with Crippen LogP contribution in [0.4, 0.5) is 0 Å². The minimum absolute atomic E-state index is 0.194. The van der Waals surface area contributed by atoms with Crippen molar-refractivity contribution >= 4 is 0 Å². The predicted molar refractivity (Wildman–Crippen MR) is 110 cm³/mol. The van der Waals surface area contributed by atoms with Crippen LogP contribution in [-0.2, 0) is 13.2 Å². The van der Waals surface area contributed by atoms with E-state index in [1.54, 1.807) is 0 Å². The molecule has 1 atom stereocenters. The van der Waals surface area contributed by atoms with Crippen molar-refractivity contribution in [3.05, 3.63) is 65.7 Å². The molecule has 0 spiro atoms. The molecule has 4 nitrogen and oxygen atoms in total. The van der Waals surface area contributed by atoms with Crippen LogP contribution in [0.3, 0.4) is 0 Å². The molecule has 1 heterocycles. The maximum atomic E-state index is 9.88. The number of ether oxygens (including phenoxy) is 1. The molecule has 0 aliphatic carbocycles. The Balaban J connectivity index is 1.45. The first-order valence-corrected chi connectivity index (χ1v) is 10.1. The van der Waals surface area contributed by atoms with Gasteiger partial charge in [-0.3, -0.25) is 9.80 Å². The van der Waals surface area contributed by atoms with Crippen LogP contribution in [0.25, 0.3) is 0 Å². The molecule has 1 N–H and O–H groups in total. The van der Waals surface area contributed by atoms with Crippen molar-refractivity contribution in [2.75, 3.05) is 32.7 Å². The van der Waals surface area contributed by atoms with Crippen molar-refractivity contribution in [1.29, 1.82) is 0 Å². The summed E-state index contributed by atoms with van der Waals surface area (Å²) >= 11 is 0. The smallest absolute Gasteiger partial charge is 0.119 e. The molecule has 2 aromatic carbocycles. The van der Waals surface area contributed by atoms with Crippen molar-refractivity contribution in [3.8, 4) is 5.75 Å². The highest BCUT2D eigenvalue weighted by molar-refractivity contribution is 5.27. The lowest BCUT2D eigenvalue weighted by atomic mass is 10.2. The Morgan fingerprint density at radius 3 is 2.33 bits per heavy atom. The van der Waals surface area contributed by atoms with Gasteiger partial charge in [0.2, 0.25) is 0 Å². The molecule has 4 heteroatoms. The molecule has 2 aromatic rings. The lowest BCUT2D eigenvalue weighted by Crippen LogP contribution is -2.35. The second-order valence-electron chi connectivity index (χ2n) is 7.41. The molecule has 0 aromatic heterocycles. The van der Waals surface area contributed by atoms with E-state index in [9.17, 15) is 5.11 Å². The minimum atomic E-state index is -0.194. The van der Waals surface area contributed by atoms with Gasteiger partial charge in [0.25, 0.3) is 0 Å². The highest BCUT2D eigenvalue weighted by atomic mass is 16.5. The topological polar surface area (TPSA) is 35.9 Å². The Hall–Kier alpha value is -1.88. The summed E-state index contributed by atoms with van der Waals surface area (Å²) in [5.41, 5.74) is 2.51. The number of rotatable bonds is 8. The summed E-state index contributed by atoms with van der Waals surface area (Å²) in [7, 11) is 0. The third-order valence-corrected chi connectivity index (χ3v) is 5.20. The lowest BCUT2D eigenvalue weighted by molar-refractivity contribution is 0.111. The molecule has 1 aliphatic rings. The summed E-state index contributed by atoms with van der Waals surface area (Å²) in [5.74, 6) is 0.915. The average molecular weight is 369 g/mol. The van der Waals surface area contributed by atoms with Crippen molar-refractivity contribution in [1.82, 2.24) is 9.80 Å². The highest BCUT2D eigenvalue weighted by Gasteiger charge is 2.16. The molecule has 146 valence electrons. The maximum absolute atomic E-state index is 9.88. The summed E-state index contributed by atoms with van der Waals surface area (Å²) in [6.45, 7) is 8.72. The van der Waals surface area contributed by atoms with Gasteiger partial charge in [-0.25, -0.2) is 0 Å². The van der Waals surface area contributed by atoms with E-state index in [1.165, 1.54) is 11.1 Å². The highest BCUT2D eigenvalue weighted by Crippen LogP contribution is 2.16. The van der Waals surface area contributed by atoms with E-state index in [0.717, 1.165) is 57.9 Å². The van der Waals surface area contributed by atoms with Crippen LogP contribution < -0.4 is 4.74 Å². The number of β-amino-alcohol motifs (C(OH)–C–C–N with tert-alkyl or cyclic N) is 1. The predicted octanol–water partition coefficient (Wildman–Crippen LogP) is 3.54. The van der Waals surface area contributed by atoms with Crippen LogP contribution in [0.5, 0.6) is 5.75 Å². The number of hydrogen-bond acceptors (Lipinski definition) is 4. The molecule has 0 radical (unpaired) electrons. The Kier molecular flexibility index (Phi) is 7.69. The number of aliphatic hydroxyl groups is 1. The minimum Gasteiger partial charge on any atom is -0.489 e. The Labute approximate surface area is 163 Å². The van der Waals surface area contributed by atoms with E-state index in [0.29, 0.717) is 6.61 Å². The normalized spacial score (nSPS) is 17.4. The van der Waals surface area contributed by atoms with Crippen molar-refractivity contribution in [2.24, 2.45) is 0 Å². The molecule has 0 amide bonds. The first kappa shape index (κ1) is 19.9. The molecule has 1 saturated heterocycles. The third kappa shape index (κ3) is 6.65. The largest absolute Gasteiger partial charge is 0.489 e. The van der Waals surface area contributed by atoms with Crippen LogP contribution >= 0.6 is 0 Å². The SMILES string of the molecule is CCC(O)CN1CCCN(Cc2ccc(OCc3ccccc3)cc2)CC1. The van der Waals surface area contributed by atoms with Gasteiger partial charge in [0, 0.05) is 26.2 Å². The van der Waals surface area contributed by atoms with Crippen LogP contribution in [-0.4, -0.2) is 53.7 Å². The van der Waals surface area contributed by atoms with Gasteiger partial charge in [0.1, 0.15) is 12.4 Å². The molecule has 0 saturated carbocycles. The van der Waals surface area contributed by atoms with Gasteiger partial charge >= 0.3 is 0 Å². The quantitative estimate of drug-likeness (QED) is 0.773. The number of aliphatic hydroxyl groups excluding tert-OH is 1. The van der Waals surface area contributed by atoms with Crippen molar-refractivity contribution in [3.63, 3.8) is 0 Å². The molecule has 1 unspecified atom stereocenters. The third-order valence-electron chi connectivity index (χ3n) is 5.20. The van der Waals surface area contributed by atoms with Crippen LogP contribution in [0.15, 0.2) is 54.6 Å². The number of hydrogen-bond donors (Lipinski definition) is 1. The van der Waals surface area contributed by atoms with Gasteiger partial charge in [-0.05, 0) is 49.2 Å². The first-order valence-electron chi connectivity index (χ1n) is 10.1. The van der Waals surface area contributed by atoms with Crippen LogP contribution in [0, 0.1) is 0 Å². The van der Waals surface area contributed by atoms with E-state index in [2.05, 4.69) is 46.2 Å². The Morgan fingerprint density at radius 1 is 0.889 bits per heavy atom. The Bertz CT molecular complexity index is 660. The second kappa shape index (κ2) is 10.5. The lowest BCUT2D eigenvalue weighted by Gasteiger charge is -2.23. The van der Waals surface area contributed by atoms with E-state index >= 15 is 0 Å². The van der Waals surface area contributed by atoms with E-state index in [-0.39, 0.29) is 6.10 Å². The van der Waals surface area contributed by atoms with Crippen molar-refractivity contribution < 1.29 is 9.84 Å². The van der Waals surface area contributed by atoms with E-state index in [4.69, 9.17) is 4.74 Å². The summed E-state index contributed by atoms with van der Waals surface area (Å²) in [4.78, 5) is 4.91. The first-order chi connectivity index (χ1) is 13.2. The second-order valence-corrected chi connectivity index (χ2v) is 7.41. The standard InChI is InChI=1S/C23H32N2O2/c1-2-22(26)18-25-14-6-13-24(15-16-25)17-20-9-11-23(12-10-20)27-19-21-7-4-3-5-8-21/h3-5,7-12,22,26H,2,6,13-19H2,1H3. The fraction of sp³-hybridized carbons (Fsp3) is 0.478. The van der Waals surface area contributed by atoms with Gasteiger partial charge in [-0.2, -0.15) is 0 Å². The van der Waals surface area contributed by atoms with Crippen LogP contribution in [0.2, 0.25) is 0 Å². The Morgan fingerprint density at radius 2 is 1.59 bits per heavy atom. The van der Waals surface area contributed by atoms with Gasteiger partial charge in [0.15, 0.2) is 0 Å². The number of nitrogens with zero attached hydrogens (tertiary/aromatic N) is 2. The fourth-order valence-corrected chi connectivity index (χ4v) is 3.48. The molecule has 0 bridgehead atoms. The molecular formula is C23H32N2O2. The zero-order valence-electron chi connectivity index (χ0n) is 16.4. The van der Waals surface area contributed by atoms with Gasteiger partial charge in [0.05, 0.1) is 6.10 Å². The van der Waals surface area contributed by atoms with E-state index in [1.807, 2.05) is 25.1 Å². The van der Waals surface area contributed by atoms with Gasteiger partial charge in [-0.15, -0.1) is 0 Å². The average Bonchev–Trinajstić information content (AvgIpc) is 2.93. The summed E-state index contributed by atoms with van der Waals surface area (Å²) in [6.07, 6.45) is 1.80. The summed E-state index contributed by atoms with van der Waals surface area (Å²) in [5, 5.41) is 9.88. The van der Waals surface area contributed by atoms with Crippen LogP contribution in [0.1, 0.15) is 30.9 Å². The monoisotopic (exact) mass is 368 g/mol. The molecule has 3 rings (SSSR count). The summed E-state index contributed by atoms with van der Waals surface area (Å²) in [6, 6.07) is 18.7. The molecule has 27 heavy (non-hydrogen) atoms. The number of benzene rings is 2. The maximum Gasteiger partial charge on any atom is 0.119 e.